The highest BCUT2D eigenvalue weighted by Gasteiger charge is 2.31. The Labute approximate surface area is 122 Å². The average Bonchev–Trinajstić information content (AvgIpc) is 2.98. The molecule has 5 nitrogen and oxygen atoms in total. The minimum Gasteiger partial charge on any atom is -0.394 e. The molecule has 108 valence electrons. The van der Waals surface area contributed by atoms with Crippen LogP contribution in [0, 0.1) is 0 Å². The van der Waals surface area contributed by atoms with Crippen LogP contribution in [0.5, 0.6) is 0 Å². The van der Waals surface area contributed by atoms with Crippen molar-refractivity contribution in [2.24, 2.45) is 4.99 Å². The van der Waals surface area contributed by atoms with E-state index in [1.54, 1.807) is 6.92 Å². The molecule has 6 heteroatoms. The van der Waals surface area contributed by atoms with Crippen LogP contribution in [0.1, 0.15) is 12.5 Å². The molecule has 1 aliphatic rings. The lowest BCUT2D eigenvalue weighted by Gasteiger charge is -2.27. The highest BCUT2D eigenvalue weighted by Crippen LogP contribution is 2.23. The molecule has 0 radical (unpaired) electrons. The lowest BCUT2D eigenvalue weighted by atomic mass is 10.1. The molecule has 1 aromatic rings. The highest BCUT2D eigenvalue weighted by atomic mass is 32.2. The van der Waals surface area contributed by atoms with E-state index >= 15 is 0 Å². The lowest BCUT2D eigenvalue weighted by molar-refractivity contribution is -0.124. The third-order valence-electron chi connectivity index (χ3n) is 3.10. The average molecular weight is 294 g/mol. The molecule has 1 aliphatic heterocycles. The summed E-state index contributed by atoms with van der Waals surface area (Å²) in [5, 5.41) is 21.9. The minimum atomic E-state index is -1.01. The van der Waals surface area contributed by atoms with Gasteiger partial charge in [-0.05, 0) is 6.92 Å². The largest absolute Gasteiger partial charge is 0.394 e. The van der Waals surface area contributed by atoms with Crippen molar-refractivity contribution in [3.05, 3.63) is 35.9 Å². The summed E-state index contributed by atoms with van der Waals surface area (Å²) in [6, 6.07) is 9.23. The summed E-state index contributed by atoms with van der Waals surface area (Å²) in [4.78, 5) is 16.5. The maximum atomic E-state index is 12.1. The Morgan fingerprint density at radius 3 is 2.65 bits per heavy atom. The van der Waals surface area contributed by atoms with Crippen LogP contribution in [0.15, 0.2) is 35.3 Å². The van der Waals surface area contributed by atoms with E-state index in [9.17, 15) is 15.0 Å². The number of amides is 1. The molecular formula is C14H18N2O3S. The number of carbonyl (C=O) groups excluding carboxylic acids is 1. The van der Waals surface area contributed by atoms with Gasteiger partial charge in [0.25, 0.3) is 0 Å². The summed E-state index contributed by atoms with van der Waals surface area (Å²) in [6.07, 6.45) is 0. The number of aliphatic hydroxyl groups is 2. The summed E-state index contributed by atoms with van der Waals surface area (Å²) in [5.74, 6) is 0.303. The van der Waals surface area contributed by atoms with Crippen LogP contribution in [0.4, 0.5) is 0 Å². The van der Waals surface area contributed by atoms with E-state index in [1.165, 1.54) is 11.8 Å². The number of hydrogen-bond acceptors (Lipinski definition) is 5. The van der Waals surface area contributed by atoms with Gasteiger partial charge in [-0.1, -0.05) is 30.3 Å². The van der Waals surface area contributed by atoms with E-state index in [0.717, 1.165) is 10.6 Å². The zero-order valence-corrected chi connectivity index (χ0v) is 12.1. The Hall–Kier alpha value is -1.37. The molecule has 0 saturated heterocycles. The number of benzene rings is 1. The monoisotopic (exact) mass is 294 g/mol. The van der Waals surface area contributed by atoms with Crippen LogP contribution in [0.3, 0.4) is 0 Å². The number of aliphatic hydroxyl groups excluding tert-OH is 2. The molecule has 1 unspecified atom stereocenters. The van der Waals surface area contributed by atoms with Crippen molar-refractivity contribution in [1.82, 2.24) is 5.32 Å². The van der Waals surface area contributed by atoms with Gasteiger partial charge in [0.05, 0.1) is 23.8 Å². The molecule has 2 rings (SSSR count). The van der Waals surface area contributed by atoms with Gasteiger partial charge in [0.15, 0.2) is 0 Å². The van der Waals surface area contributed by atoms with Crippen LogP contribution in [-0.2, 0) is 4.79 Å². The smallest absolute Gasteiger partial charge is 0.246 e. The van der Waals surface area contributed by atoms with Gasteiger partial charge < -0.3 is 15.5 Å². The number of nitrogens with one attached hydrogen (secondary N) is 1. The highest BCUT2D eigenvalue weighted by molar-refractivity contribution is 8.14. The van der Waals surface area contributed by atoms with Crippen molar-refractivity contribution < 1.29 is 15.0 Å². The number of carbonyl (C=O) groups is 1. The van der Waals surface area contributed by atoms with Crippen molar-refractivity contribution in [3.63, 3.8) is 0 Å². The zero-order valence-electron chi connectivity index (χ0n) is 11.2. The van der Waals surface area contributed by atoms with E-state index in [0.29, 0.717) is 5.75 Å². The molecule has 1 heterocycles. The van der Waals surface area contributed by atoms with Crippen molar-refractivity contribution in [1.29, 1.82) is 0 Å². The van der Waals surface area contributed by atoms with Gasteiger partial charge in [-0.15, -0.1) is 11.8 Å². The third kappa shape index (κ3) is 3.39. The van der Waals surface area contributed by atoms with E-state index < -0.39 is 11.6 Å². The molecule has 1 aromatic carbocycles. The first-order chi connectivity index (χ1) is 9.58. The number of hydrogen-bond donors (Lipinski definition) is 3. The van der Waals surface area contributed by atoms with E-state index in [2.05, 4.69) is 10.3 Å². The fraction of sp³-hybridized carbons (Fsp3) is 0.429. The quantitative estimate of drug-likeness (QED) is 0.734. The molecule has 20 heavy (non-hydrogen) atoms. The van der Waals surface area contributed by atoms with Gasteiger partial charge in [0.2, 0.25) is 5.91 Å². The predicted molar refractivity (Wildman–Crippen MR) is 79.9 cm³/mol. The van der Waals surface area contributed by atoms with Gasteiger partial charge >= 0.3 is 0 Å². The molecule has 0 spiro atoms. The summed E-state index contributed by atoms with van der Waals surface area (Å²) >= 11 is 1.54. The van der Waals surface area contributed by atoms with Gasteiger partial charge in [-0.2, -0.15) is 0 Å². The number of thioether (sulfide) groups is 1. The minimum absolute atomic E-state index is 0.269. The van der Waals surface area contributed by atoms with Gasteiger partial charge in [-0.25, -0.2) is 0 Å². The van der Waals surface area contributed by atoms with Crippen LogP contribution in [-0.4, -0.2) is 51.7 Å². The molecule has 0 aliphatic carbocycles. The van der Waals surface area contributed by atoms with Crippen LogP contribution >= 0.6 is 11.8 Å². The van der Waals surface area contributed by atoms with Gasteiger partial charge in [-0.3, -0.25) is 9.79 Å². The fourth-order valence-electron chi connectivity index (χ4n) is 1.76. The number of nitrogens with zero attached hydrogens (tertiary/aromatic N) is 1. The Kier molecular flexibility index (Phi) is 4.80. The van der Waals surface area contributed by atoms with Crippen molar-refractivity contribution in [3.8, 4) is 0 Å². The SMILES string of the molecule is CC(CO)(CO)NC(=O)C1CSC(c2ccccc2)=N1. The van der Waals surface area contributed by atoms with Crippen LogP contribution in [0.2, 0.25) is 0 Å². The standard InChI is InChI=1S/C14H18N2O3S/c1-14(8-17,9-18)16-12(19)11-7-20-13(15-11)10-5-3-2-4-6-10/h2-6,11,17-18H,7-9H2,1H3,(H,16,19). The maximum Gasteiger partial charge on any atom is 0.246 e. The number of aliphatic imine (C=N–C) groups is 1. The Morgan fingerprint density at radius 2 is 2.05 bits per heavy atom. The van der Waals surface area contributed by atoms with E-state index in [1.807, 2.05) is 30.3 Å². The number of rotatable bonds is 5. The molecule has 0 saturated carbocycles. The Morgan fingerprint density at radius 1 is 1.40 bits per heavy atom. The molecule has 0 aromatic heterocycles. The Bertz CT molecular complexity index is 500. The third-order valence-corrected chi connectivity index (χ3v) is 4.19. The van der Waals surface area contributed by atoms with Crippen molar-refractivity contribution >= 4 is 22.7 Å². The second kappa shape index (κ2) is 6.39. The van der Waals surface area contributed by atoms with Crippen molar-refractivity contribution in [2.75, 3.05) is 19.0 Å². The predicted octanol–water partition coefficient (Wildman–Crippen LogP) is 0.408. The van der Waals surface area contributed by atoms with E-state index in [4.69, 9.17) is 0 Å². The lowest BCUT2D eigenvalue weighted by Crippen LogP contribution is -2.54. The maximum absolute atomic E-state index is 12.1. The van der Waals surface area contributed by atoms with Crippen LogP contribution in [0.25, 0.3) is 0 Å². The van der Waals surface area contributed by atoms with Gasteiger partial charge in [0.1, 0.15) is 6.04 Å². The summed E-state index contributed by atoms with van der Waals surface area (Å²) in [6.45, 7) is 0.962. The first-order valence-electron chi connectivity index (χ1n) is 6.38. The molecule has 0 bridgehead atoms. The first kappa shape index (κ1) is 15.0. The normalized spacial score (nSPS) is 18.8. The molecule has 1 atom stereocenters. The molecule has 1 amide bonds. The zero-order chi connectivity index (χ0) is 14.6. The molecule has 0 fully saturated rings. The summed E-state index contributed by atoms with van der Waals surface area (Å²) in [5.41, 5.74) is -0.00729. The van der Waals surface area contributed by atoms with Gasteiger partial charge in [0, 0.05) is 11.3 Å². The topological polar surface area (TPSA) is 81.9 Å². The fourth-order valence-corrected chi connectivity index (χ4v) is 2.80. The second-order valence-electron chi connectivity index (χ2n) is 4.99. The molecular weight excluding hydrogens is 276 g/mol. The molecule has 3 N–H and O–H groups in total. The summed E-state index contributed by atoms with van der Waals surface area (Å²) in [7, 11) is 0. The second-order valence-corrected chi connectivity index (χ2v) is 6.00. The van der Waals surface area contributed by atoms with Crippen molar-refractivity contribution in [2.45, 2.75) is 18.5 Å². The van der Waals surface area contributed by atoms with E-state index in [-0.39, 0.29) is 19.1 Å². The summed E-state index contributed by atoms with van der Waals surface area (Å²) < 4.78 is 0. The van der Waals surface area contributed by atoms with Crippen LogP contribution < -0.4 is 5.32 Å². The Balaban J connectivity index is 2.05. The first-order valence-corrected chi connectivity index (χ1v) is 7.36.